The van der Waals surface area contributed by atoms with E-state index in [9.17, 15) is 13.2 Å². The maximum absolute atomic E-state index is 13.4. The van der Waals surface area contributed by atoms with Crippen LogP contribution in [0.25, 0.3) is 11.4 Å². The minimum atomic E-state index is -3.31. The Balaban J connectivity index is 1.30. The Kier molecular flexibility index (Phi) is 7.28. The summed E-state index contributed by atoms with van der Waals surface area (Å²) >= 11 is 1.23. The molecule has 0 unspecified atom stereocenters. The van der Waals surface area contributed by atoms with Crippen LogP contribution in [0.1, 0.15) is 43.6 Å². The van der Waals surface area contributed by atoms with Gasteiger partial charge in [0.15, 0.2) is 15.0 Å². The third-order valence-corrected chi connectivity index (χ3v) is 8.36. The van der Waals surface area contributed by atoms with Crippen LogP contribution in [-0.4, -0.2) is 46.2 Å². The van der Waals surface area contributed by atoms with E-state index >= 15 is 0 Å². The van der Waals surface area contributed by atoms with Gasteiger partial charge in [0, 0.05) is 11.8 Å². The predicted molar refractivity (Wildman–Crippen MR) is 139 cm³/mol. The van der Waals surface area contributed by atoms with Crippen LogP contribution in [0.2, 0.25) is 0 Å². The number of tetrazole rings is 1. The molecule has 1 fully saturated rings. The summed E-state index contributed by atoms with van der Waals surface area (Å²) in [6.45, 7) is 0. The van der Waals surface area contributed by atoms with Crippen LogP contribution in [0.3, 0.4) is 0 Å². The van der Waals surface area contributed by atoms with Crippen molar-refractivity contribution in [1.29, 1.82) is 0 Å². The second-order valence-corrected chi connectivity index (χ2v) is 12.1. The zero-order chi connectivity index (χ0) is 25.8. The van der Waals surface area contributed by atoms with Gasteiger partial charge >= 0.3 is 0 Å². The summed E-state index contributed by atoms with van der Waals surface area (Å²) in [5, 5.41) is 17.8. The number of rotatable bonds is 9. The van der Waals surface area contributed by atoms with E-state index in [0.717, 1.165) is 24.0 Å². The van der Waals surface area contributed by atoms with Crippen LogP contribution >= 0.6 is 11.3 Å². The molecular weight excluding hydrogens is 512 g/mol. The summed E-state index contributed by atoms with van der Waals surface area (Å²) in [7, 11) is -3.31. The standard InChI is InChI=1S/C25H26N6O4S2/c1-37(33,34)20-11-9-17(10-12-20)21(13-16-5-2-3-6-16)24(32)27-25-26-15-22(36-25)35-19-8-4-7-18(14-19)23-28-30-31-29-23/h4,7-12,14-16,21H,2-3,5-6,13H2,1H3,(H,26,27,32)(H,28,29,30,31)/t21-/m1/s1. The molecule has 192 valence electrons. The van der Waals surface area contributed by atoms with Gasteiger partial charge < -0.3 is 10.1 Å². The number of anilines is 1. The van der Waals surface area contributed by atoms with Crippen LogP contribution in [0.5, 0.6) is 10.8 Å². The maximum atomic E-state index is 13.4. The highest BCUT2D eigenvalue weighted by atomic mass is 32.2. The number of carbonyl (C=O) groups is 1. The molecule has 37 heavy (non-hydrogen) atoms. The Morgan fingerprint density at radius 2 is 1.97 bits per heavy atom. The van der Waals surface area contributed by atoms with Crippen molar-refractivity contribution in [2.75, 3.05) is 11.6 Å². The van der Waals surface area contributed by atoms with Crippen molar-refractivity contribution in [3.63, 3.8) is 0 Å². The largest absolute Gasteiger partial charge is 0.445 e. The van der Waals surface area contributed by atoms with Crippen molar-refractivity contribution in [3.05, 3.63) is 60.3 Å². The highest BCUT2D eigenvalue weighted by Gasteiger charge is 2.27. The molecule has 0 saturated heterocycles. The quantitative estimate of drug-likeness (QED) is 0.309. The second kappa shape index (κ2) is 10.8. The van der Waals surface area contributed by atoms with E-state index in [1.54, 1.807) is 42.6 Å². The SMILES string of the molecule is CS(=O)(=O)c1ccc([C@@H](CC2CCCC2)C(=O)Nc2ncc(Oc3cccc(-c4nn[nH]n4)c3)s2)cc1. The Labute approximate surface area is 218 Å². The normalized spacial score (nSPS) is 14.9. The predicted octanol–water partition coefficient (Wildman–Crippen LogP) is 4.82. The number of hydrogen-bond acceptors (Lipinski definition) is 9. The van der Waals surface area contributed by atoms with Gasteiger partial charge in [-0.1, -0.05) is 61.3 Å². The van der Waals surface area contributed by atoms with Gasteiger partial charge in [-0.3, -0.25) is 4.79 Å². The average Bonchev–Trinajstić information content (AvgIpc) is 3.66. The molecule has 4 aromatic rings. The number of ether oxygens (including phenoxy) is 1. The third-order valence-electron chi connectivity index (χ3n) is 6.44. The number of nitrogens with zero attached hydrogens (tertiary/aromatic N) is 4. The number of carbonyl (C=O) groups excluding carboxylic acids is 1. The molecule has 1 aliphatic rings. The van der Waals surface area contributed by atoms with Gasteiger partial charge in [0.25, 0.3) is 0 Å². The fraction of sp³-hybridized carbons (Fsp3) is 0.320. The van der Waals surface area contributed by atoms with E-state index in [2.05, 4.69) is 30.9 Å². The molecule has 2 aromatic heterocycles. The number of benzene rings is 2. The molecular formula is C25H26N6O4S2. The number of aromatic amines is 1. The monoisotopic (exact) mass is 538 g/mol. The van der Waals surface area contributed by atoms with Gasteiger partial charge in [0.05, 0.1) is 17.0 Å². The molecule has 1 aliphatic carbocycles. The zero-order valence-electron chi connectivity index (χ0n) is 20.1. The van der Waals surface area contributed by atoms with Crippen LogP contribution in [-0.2, 0) is 14.6 Å². The number of sulfone groups is 1. The molecule has 2 heterocycles. The summed E-state index contributed by atoms with van der Waals surface area (Å²) in [6.07, 6.45) is 8.00. The fourth-order valence-electron chi connectivity index (χ4n) is 4.58. The third kappa shape index (κ3) is 6.20. The highest BCUT2D eigenvalue weighted by molar-refractivity contribution is 7.90. The van der Waals surface area contributed by atoms with Crippen LogP contribution in [0.4, 0.5) is 5.13 Å². The van der Waals surface area contributed by atoms with Gasteiger partial charge in [-0.2, -0.15) is 5.21 Å². The van der Waals surface area contributed by atoms with E-state index in [-0.39, 0.29) is 10.8 Å². The first-order valence-electron chi connectivity index (χ1n) is 11.9. The number of thiazole rings is 1. The minimum Gasteiger partial charge on any atom is -0.445 e. The van der Waals surface area contributed by atoms with Gasteiger partial charge in [0.2, 0.25) is 16.8 Å². The Morgan fingerprint density at radius 3 is 2.68 bits per heavy atom. The van der Waals surface area contributed by atoms with Crippen molar-refractivity contribution >= 4 is 32.2 Å². The molecule has 0 aliphatic heterocycles. The molecule has 5 rings (SSSR count). The highest BCUT2D eigenvalue weighted by Crippen LogP contribution is 2.36. The van der Waals surface area contributed by atoms with Crippen molar-refractivity contribution in [1.82, 2.24) is 25.6 Å². The first-order valence-corrected chi connectivity index (χ1v) is 14.6. The van der Waals surface area contributed by atoms with Gasteiger partial charge in [-0.25, -0.2) is 13.4 Å². The lowest BCUT2D eigenvalue weighted by Gasteiger charge is -2.20. The summed E-state index contributed by atoms with van der Waals surface area (Å²) in [5.41, 5.74) is 1.55. The molecule has 0 bridgehead atoms. The number of hydrogen-bond donors (Lipinski definition) is 2. The molecule has 12 heteroatoms. The first kappa shape index (κ1) is 25.0. The minimum absolute atomic E-state index is 0.168. The lowest BCUT2D eigenvalue weighted by molar-refractivity contribution is -0.118. The van der Waals surface area contributed by atoms with Gasteiger partial charge in [-0.15, -0.1) is 10.2 Å². The Bertz CT molecular complexity index is 1460. The topological polar surface area (TPSA) is 140 Å². The van der Waals surface area contributed by atoms with Gasteiger partial charge in [0.1, 0.15) is 5.75 Å². The summed E-state index contributed by atoms with van der Waals surface area (Å²) in [6, 6.07) is 13.9. The van der Waals surface area contributed by atoms with E-state index in [1.165, 1.54) is 30.4 Å². The van der Waals surface area contributed by atoms with Crippen LogP contribution < -0.4 is 10.1 Å². The molecule has 1 atom stereocenters. The fourth-order valence-corrected chi connectivity index (χ4v) is 5.90. The molecule has 10 nitrogen and oxygen atoms in total. The summed E-state index contributed by atoms with van der Waals surface area (Å²) < 4.78 is 29.7. The number of H-pyrrole nitrogens is 1. The molecule has 0 spiro atoms. The summed E-state index contributed by atoms with van der Waals surface area (Å²) in [4.78, 5) is 18.0. The maximum Gasteiger partial charge on any atom is 0.233 e. The van der Waals surface area contributed by atoms with E-state index in [4.69, 9.17) is 4.74 Å². The smallest absolute Gasteiger partial charge is 0.233 e. The molecule has 1 amide bonds. The molecule has 2 aromatic carbocycles. The number of aromatic nitrogens is 5. The van der Waals surface area contributed by atoms with Crippen molar-refractivity contribution in [3.8, 4) is 22.2 Å². The number of nitrogens with one attached hydrogen (secondary N) is 2. The van der Waals surface area contributed by atoms with Crippen molar-refractivity contribution in [2.24, 2.45) is 5.92 Å². The van der Waals surface area contributed by atoms with Crippen LogP contribution in [0.15, 0.2) is 59.6 Å². The molecule has 2 N–H and O–H groups in total. The van der Waals surface area contributed by atoms with Crippen LogP contribution in [0, 0.1) is 5.92 Å². The molecule has 0 radical (unpaired) electrons. The lowest BCUT2D eigenvalue weighted by atomic mass is 9.87. The van der Waals surface area contributed by atoms with E-state index in [1.807, 2.05) is 12.1 Å². The van der Waals surface area contributed by atoms with Gasteiger partial charge in [-0.05, 0) is 47.4 Å². The van der Waals surface area contributed by atoms with E-state index < -0.39 is 15.8 Å². The molecule has 1 saturated carbocycles. The first-order chi connectivity index (χ1) is 17.8. The Morgan fingerprint density at radius 1 is 1.19 bits per heavy atom. The lowest BCUT2D eigenvalue weighted by Crippen LogP contribution is -2.23. The zero-order valence-corrected chi connectivity index (χ0v) is 21.8. The second-order valence-electron chi connectivity index (χ2n) is 9.12. The van der Waals surface area contributed by atoms with E-state index in [0.29, 0.717) is 34.1 Å². The van der Waals surface area contributed by atoms with Crippen molar-refractivity contribution in [2.45, 2.75) is 42.9 Å². The van der Waals surface area contributed by atoms with Crippen molar-refractivity contribution < 1.29 is 17.9 Å². The Hall–Kier alpha value is -3.64. The average molecular weight is 539 g/mol. The summed E-state index contributed by atoms with van der Waals surface area (Å²) in [5.74, 6) is 0.928. The number of amides is 1.